The number of carbonyl (C=O) groups excluding carboxylic acids is 1. The standard InChI is InChI=1S/C13H14N4OS/c1-17(2)13(18)10-4-3-9(14)7-11(10)19-12-5-6-15-8-16-12/h3-8H,14H2,1-2H3. The second kappa shape index (κ2) is 5.71. The van der Waals surface area contributed by atoms with Crippen molar-refractivity contribution in [3.63, 3.8) is 0 Å². The number of hydrogen-bond donors (Lipinski definition) is 1. The zero-order chi connectivity index (χ0) is 13.8. The zero-order valence-corrected chi connectivity index (χ0v) is 11.5. The molecule has 0 bridgehead atoms. The number of hydrogen-bond acceptors (Lipinski definition) is 5. The van der Waals surface area contributed by atoms with Gasteiger partial charge in [-0.1, -0.05) is 11.8 Å². The third kappa shape index (κ3) is 3.23. The Morgan fingerprint density at radius 1 is 1.32 bits per heavy atom. The lowest BCUT2D eigenvalue weighted by molar-refractivity contribution is 0.0824. The van der Waals surface area contributed by atoms with Crippen LogP contribution in [-0.4, -0.2) is 34.9 Å². The van der Waals surface area contributed by atoms with Crippen molar-refractivity contribution in [3.8, 4) is 0 Å². The summed E-state index contributed by atoms with van der Waals surface area (Å²) < 4.78 is 0. The van der Waals surface area contributed by atoms with Crippen molar-refractivity contribution in [2.75, 3.05) is 19.8 Å². The number of benzene rings is 1. The molecule has 2 aromatic rings. The Hall–Kier alpha value is -2.08. The molecule has 0 unspecified atom stereocenters. The largest absolute Gasteiger partial charge is 0.399 e. The highest BCUT2D eigenvalue weighted by Crippen LogP contribution is 2.30. The molecule has 0 saturated heterocycles. The van der Waals surface area contributed by atoms with Crippen molar-refractivity contribution < 1.29 is 4.79 Å². The molecule has 0 saturated carbocycles. The summed E-state index contributed by atoms with van der Waals surface area (Å²) in [5, 5.41) is 0.772. The van der Waals surface area contributed by atoms with Gasteiger partial charge in [-0.05, 0) is 24.3 Å². The smallest absolute Gasteiger partial charge is 0.254 e. The average molecular weight is 274 g/mol. The van der Waals surface area contributed by atoms with Crippen molar-refractivity contribution in [2.24, 2.45) is 0 Å². The van der Waals surface area contributed by atoms with Gasteiger partial charge in [-0.3, -0.25) is 4.79 Å². The van der Waals surface area contributed by atoms with Crippen LogP contribution in [0.3, 0.4) is 0 Å². The highest BCUT2D eigenvalue weighted by atomic mass is 32.2. The predicted octanol–water partition coefficient (Wildman–Crippen LogP) is 1.91. The monoisotopic (exact) mass is 274 g/mol. The van der Waals surface area contributed by atoms with Crippen LogP contribution in [0.15, 0.2) is 46.7 Å². The molecular formula is C13H14N4OS. The molecule has 5 nitrogen and oxygen atoms in total. The van der Waals surface area contributed by atoms with Crippen LogP contribution in [-0.2, 0) is 0 Å². The SMILES string of the molecule is CN(C)C(=O)c1ccc(N)cc1Sc1ccncn1. The predicted molar refractivity (Wildman–Crippen MR) is 75.0 cm³/mol. The second-order valence-corrected chi connectivity index (χ2v) is 5.17. The molecular weight excluding hydrogens is 260 g/mol. The highest BCUT2D eigenvalue weighted by molar-refractivity contribution is 7.99. The number of rotatable bonds is 3. The lowest BCUT2D eigenvalue weighted by atomic mass is 10.2. The van der Waals surface area contributed by atoms with Crippen molar-refractivity contribution in [1.29, 1.82) is 0 Å². The lowest BCUT2D eigenvalue weighted by Gasteiger charge is -2.14. The Kier molecular flexibility index (Phi) is 4.01. The summed E-state index contributed by atoms with van der Waals surface area (Å²) in [5.74, 6) is -0.0587. The maximum absolute atomic E-state index is 12.1. The van der Waals surface area contributed by atoms with Crippen LogP contribution in [0.1, 0.15) is 10.4 Å². The topological polar surface area (TPSA) is 72.1 Å². The van der Waals surface area contributed by atoms with E-state index in [0.717, 1.165) is 9.92 Å². The molecule has 1 aromatic carbocycles. The molecule has 0 atom stereocenters. The summed E-state index contributed by atoms with van der Waals surface area (Å²) in [6.07, 6.45) is 3.14. The first kappa shape index (κ1) is 13.4. The van der Waals surface area contributed by atoms with Gasteiger partial charge in [0, 0.05) is 30.9 Å². The molecule has 1 aromatic heterocycles. The molecule has 2 N–H and O–H groups in total. The Morgan fingerprint density at radius 2 is 2.11 bits per heavy atom. The Morgan fingerprint density at radius 3 is 2.74 bits per heavy atom. The van der Waals surface area contributed by atoms with Crippen LogP contribution in [0.2, 0.25) is 0 Å². The van der Waals surface area contributed by atoms with Crippen molar-refractivity contribution in [3.05, 3.63) is 42.4 Å². The molecule has 19 heavy (non-hydrogen) atoms. The number of anilines is 1. The third-order valence-electron chi connectivity index (χ3n) is 2.41. The number of amides is 1. The Bertz CT molecular complexity index is 586. The molecule has 6 heteroatoms. The van der Waals surface area contributed by atoms with E-state index in [1.165, 1.54) is 23.0 Å². The maximum atomic E-state index is 12.1. The summed E-state index contributed by atoms with van der Waals surface area (Å²) in [6, 6.07) is 7.03. The van der Waals surface area contributed by atoms with Crippen LogP contribution in [0, 0.1) is 0 Å². The van der Waals surface area contributed by atoms with E-state index in [0.29, 0.717) is 11.3 Å². The number of nitrogens with two attached hydrogens (primary N) is 1. The molecule has 0 fully saturated rings. The zero-order valence-electron chi connectivity index (χ0n) is 10.7. The summed E-state index contributed by atoms with van der Waals surface area (Å²) in [5.41, 5.74) is 7.02. The van der Waals surface area contributed by atoms with E-state index >= 15 is 0 Å². The van der Waals surface area contributed by atoms with Gasteiger partial charge in [0.25, 0.3) is 5.91 Å². The third-order valence-corrected chi connectivity index (χ3v) is 3.42. The molecule has 0 radical (unpaired) electrons. The average Bonchev–Trinajstić information content (AvgIpc) is 2.39. The first-order valence-corrected chi connectivity index (χ1v) is 6.44. The van der Waals surface area contributed by atoms with Crippen LogP contribution in [0.5, 0.6) is 0 Å². The van der Waals surface area contributed by atoms with Gasteiger partial charge in [0.05, 0.1) is 5.56 Å². The first-order chi connectivity index (χ1) is 9.08. The fourth-order valence-corrected chi connectivity index (χ4v) is 2.41. The lowest BCUT2D eigenvalue weighted by Crippen LogP contribution is -2.22. The van der Waals surface area contributed by atoms with E-state index < -0.39 is 0 Å². The Labute approximate surface area is 115 Å². The van der Waals surface area contributed by atoms with E-state index in [-0.39, 0.29) is 5.91 Å². The number of nitrogen functional groups attached to an aromatic ring is 1. The van der Waals surface area contributed by atoms with Gasteiger partial charge >= 0.3 is 0 Å². The first-order valence-electron chi connectivity index (χ1n) is 5.63. The van der Waals surface area contributed by atoms with Gasteiger partial charge in [-0.2, -0.15) is 0 Å². The molecule has 1 heterocycles. The molecule has 0 aliphatic rings. The van der Waals surface area contributed by atoms with Gasteiger partial charge in [0.1, 0.15) is 11.4 Å². The van der Waals surface area contributed by atoms with E-state index in [1.54, 1.807) is 44.6 Å². The van der Waals surface area contributed by atoms with Gasteiger partial charge in [-0.25, -0.2) is 9.97 Å². The maximum Gasteiger partial charge on any atom is 0.254 e. The molecule has 1 amide bonds. The second-order valence-electron chi connectivity index (χ2n) is 4.10. The summed E-state index contributed by atoms with van der Waals surface area (Å²) in [6.45, 7) is 0. The van der Waals surface area contributed by atoms with Crippen LogP contribution in [0.25, 0.3) is 0 Å². The minimum atomic E-state index is -0.0587. The van der Waals surface area contributed by atoms with Crippen molar-refractivity contribution in [2.45, 2.75) is 9.92 Å². The molecule has 0 spiro atoms. The molecule has 0 aliphatic heterocycles. The van der Waals surface area contributed by atoms with Crippen LogP contribution in [0.4, 0.5) is 5.69 Å². The quantitative estimate of drug-likeness (QED) is 0.683. The molecule has 98 valence electrons. The van der Waals surface area contributed by atoms with Gasteiger partial charge in [0.2, 0.25) is 0 Å². The van der Waals surface area contributed by atoms with E-state index in [9.17, 15) is 4.79 Å². The van der Waals surface area contributed by atoms with E-state index in [1.807, 2.05) is 0 Å². The fraction of sp³-hybridized carbons (Fsp3) is 0.154. The summed E-state index contributed by atoms with van der Waals surface area (Å²) >= 11 is 1.40. The number of nitrogens with zero attached hydrogens (tertiary/aromatic N) is 3. The summed E-state index contributed by atoms with van der Waals surface area (Å²) in [7, 11) is 3.44. The van der Waals surface area contributed by atoms with E-state index in [4.69, 9.17) is 5.73 Å². The van der Waals surface area contributed by atoms with Crippen molar-refractivity contribution in [1.82, 2.24) is 14.9 Å². The normalized spacial score (nSPS) is 10.2. The minimum absolute atomic E-state index is 0.0587. The number of aromatic nitrogens is 2. The minimum Gasteiger partial charge on any atom is -0.399 e. The van der Waals surface area contributed by atoms with Crippen LogP contribution >= 0.6 is 11.8 Å². The van der Waals surface area contributed by atoms with Crippen LogP contribution < -0.4 is 5.73 Å². The van der Waals surface area contributed by atoms with Gasteiger partial charge in [-0.15, -0.1) is 0 Å². The summed E-state index contributed by atoms with van der Waals surface area (Å²) in [4.78, 5) is 22.4. The Balaban J connectivity index is 2.38. The molecule has 0 aliphatic carbocycles. The van der Waals surface area contributed by atoms with E-state index in [2.05, 4.69) is 9.97 Å². The number of carbonyl (C=O) groups is 1. The molecule has 2 rings (SSSR count). The van der Waals surface area contributed by atoms with Crippen molar-refractivity contribution >= 4 is 23.4 Å². The van der Waals surface area contributed by atoms with Gasteiger partial charge < -0.3 is 10.6 Å². The highest BCUT2D eigenvalue weighted by Gasteiger charge is 2.14. The van der Waals surface area contributed by atoms with Gasteiger partial charge in [0.15, 0.2) is 0 Å². The fourth-order valence-electron chi connectivity index (χ4n) is 1.49.